The highest BCUT2D eigenvalue weighted by Gasteiger charge is 2.24. The van der Waals surface area contributed by atoms with Crippen LogP contribution in [0.1, 0.15) is 15.9 Å². The molecule has 0 saturated carbocycles. The molecule has 1 amide bonds. The molecule has 1 aliphatic heterocycles. The molecule has 4 heteroatoms. The number of piperazine rings is 1. The number of rotatable bonds is 2. The van der Waals surface area contributed by atoms with Gasteiger partial charge in [0.05, 0.1) is 11.1 Å². The predicted octanol–water partition coefficient (Wildman–Crippen LogP) is 4.66. The highest BCUT2D eigenvalue weighted by atomic mass is 16.2. The molecular formula is C25H23N3O. The first-order chi connectivity index (χ1) is 14.2. The molecule has 0 N–H and O–H groups in total. The summed E-state index contributed by atoms with van der Waals surface area (Å²) >= 11 is 0. The minimum atomic E-state index is 0.0725. The van der Waals surface area contributed by atoms with Crippen LogP contribution in [0.3, 0.4) is 0 Å². The lowest BCUT2D eigenvalue weighted by Crippen LogP contribution is -2.48. The zero-order valence-corrected chi connectivity index (χ0v) is 16.5. The van der Waals surface area contributed by atoms with Crippen molar-refractivity contribution in [2.24, 2.45) is 0 Å². The van der Waals surface area contributed by atoms with Crippen LogP contribution < -0.4 is 4.90 Å². The first-order valence-corrected chi connectivity index (χ1v) is 10.1. The fourth-order valence-corrected chi connectivity index (χ4v) is 4.26. The standard InChI is InChI=1S/C25H23N3O/c1-18-6-4-8-20(16-18)27-12-14-28(15-13-27)25(29)23-17-19-7-2-3-9-21(19)22-10-5-11-26-24(22)23/h2-11,16-17H,12-15H2,1H3. The van der Waals surface area contributed by atoms with Gasteiger partial charge < -0.3 is 9.80 Å². The van der Waals surface area contributed by atoms with Gasteiger partial charge in [-0.15, -0.1) is 0 Å². The number of pyridine rings is 1. The number of anilines is 1. The van der Waals surface area contributed by atoms with Crippen molar-refractivity contribution in [2.45, 2.75) is 6.92 Å². The number of carbonyl (C=O) groups excluding carboxylic acids is 1. The number of aryl methyl sites for hydroxylation is 1. The monoisotopic (exact) mass is 381 g/mol. The Hall–Kier alpha value is -3.40. The molecule has 0 aliphatic carbocycles. The molecule has 2 heterocycles. The number of hydrogen-bond acceptors (Lipinski definition) is 3. The number of hydrogen-bond donors (Lipinski definition) is 0. The van der Waals surface area contributed by atoms with E-state index in [9.17, 15) is 4.79 Å². The van der Waals surface area contributed by atoms with Crippen molar-refractivity contribution < 1.29 is 4.79 Å². The van der Waals surface area contributed by atoms with Crippen LogP contribution in [0.15, 0.2) is 72.9 Å². The molecule has 4 nitrogen and oxygen atoms in total. The Labute approximate surface area is 170 Å². The Morgan fingerprint density at radius 2 is 1.66 bits per heavy atom. The molecule has 4 aromatic rings. The number of fused-ring (bicyclic) bond motifs is 3. The normalized spacial score (nSPS) is 14.5. The third-order valence-electron chi connectivity index (χ3n) is 5.78. The van der Waals surface area contributed by atoms with Crippen molar-refractivity contribution in [1.82, 2.24) is 9.88 Å². The third-order valence-corrected chi connectivity index (χ3v) is 5.78. The molecule has 1 fully saturated rings. The molecule has 144 valence electrons. The largest absolute Gasteiger partial charge is 0.368 e. The van der Waals surface area contributed by atoms with Gasteiger partial charge in [-0.2, -0.15) is 0 Å². The number of carbonyl (C=O) groups is 1. The molecule has 0 unspecified atom stereocenters. The fourth-order valence-electron chi connectivity index (χ4n) is 4.26. The quantitative estimate of drug-likeness (QED) is 0.474. The molecule has 29 heavy (non-hydrogen) atoms. The number of nitrogens with zero attached hydrogens (tertiary/aromatic N) is 3. The maximum Gasteiger partial charge on any atom is 0.256 e. The van der Waals surface area contributed by atoms with Gasteiger partial charge >= 0.3 is 0 Å². The average molecular weight is 381 g/mol. The molecule has 0 bridgehead atoms. The van der Waals surface area contributed by atoms with Crippen LogP contribution in [0.25, 0.3) is 21.7 Å². The highest BCUT2D eigenvalue weighted by molar-refractivity contribution is 6.15. The second-order valence-electron chi connectivity index (χ2n) is 7.66. The lowest BCUT2D eigenvalue weighted by molar-refractivity contribution is 0.0748. The van der Waals surface area contributed by atoms with Gasteiger partial charge in [-0.3, -0.25) is 9.78 Å². The van der Waals surface area contributed by atoms with Crippen LogP contribution in [0.5, 0.6) is 0 Å². The minimum Gasteiger partial charge on any atom is -0.368 e. The molecule has 1 aromatic heterocycles. The van der Waals surface area contributed by atoms with E-state index in [0.29, 0.717) is 18.7 Å². The van der Waals surface area contributed by atoms with Crippen LogP contribution in [0, 0.1) is 6.92 Å². The summed E-state index contributed by atoms with van der Waals surface area (Å²) in [5, 5.41) is 3.25. The third kappa shape index (κ3) is 3.21. The SMILES string of the molecule is Cc1cccc(N2CCN(C(=O)c3cc4ccccc4c4cccnc34)CC2)c1. The smallest absolute Gasteiger partial charge is 0.256 e. The van der Waals surface area contributed by atoms with Crippen molar-refractivity contribution in [3.05, 3.63) is 84.1 Å². The van der Waals surface area contributed by atoms with Crippen LogP contribution in [-0.4, -0.2) is 42.0 Å². The van der Waals surface area contributed by atoms with Gasteiger partial charge in [0.25, 0.3) is 5.91 Å². The van der Waals surface area contributed by atoms with Crippen LogP contribution >= 0.6 is 0 Å². The number of amides is 1. The molecule has 3 aromatic carbocycles. The van der Waals surface area contributed by atoms with Crippen molar-refractivity contribution in [1.29, 1.82) is 0 Å². The molecule has 0 spiro atoms. The topological polar surface area (TPSA) is 36.4 Å². The van der Waals surface area contributed by atoms with Gasteiger partial charge in [0.2, 0.25) is 0 Å². The molecule has 1 aliphatic rings. The maximum absolute atomic E-state index is 13.4. The van der Waals surface area contributed by atoms with Gasteiger partial charge in [-0.25, -0.2) is 0 Å². The second kappa shape index (κ2) is 7.21. The summed E-state index contributed by atoms with van der Waals surface area (Å²) in [5.41, 5.74) is 3.98. The molecule has 5 rings (SSSR count). The van der Waals surface area contributed by atoms with Crippen LogP contribution in [0.4, 0.5) is 5.69 Å². The summed E-state index contributed by atoms with van der Waals surface area (Å²) in [6.45, 7) is 5.23. The van der Waals surface area contributed by atoms with Gasteiger partial charge in [-0.1, -0.05) is 42.5 Å². The van der Waals surface area contributed by atoms with Crippen LogP contribution in [0.2, 0.25) is 0 Å². The summed E-state index contributed by atoms with van der Waals surface area (Å²) in [5.74, 6) is 0.0725. The molecule has 0 radical (unpaired) electrons. The van der Waals surface area contributed by atoms with E-state index in [1.807, 2.05) is 29.2 Å². The van der Waals surface area contributed by atoms with Gasteiger partial charge in [-0.05, 0) is 47.5 Å². The summed E-state index contributed by atoms with van der Waals surface area (Å²) in [7, 11) is 0. The minimum absolute atomic E-state index is 0.0725. The van der Waals surface area contributed by atoms with Crippen molar-refractivity contribution in [3.8, 4) is 0 Å². The Morgan fingerprint density at radius 3 is 2.48 bits per heavy atom. The van der Waals surface area contributed by atoms with E-state index in [1.54, 1.807) is 6.20 Å². The summed E-state index contributed by atoms with van der Waals surface area (Å²) in [6, 6.07) is 22.7. The molecule has 0 atom stereocenters. The average Bonchev–Trinajstić information content (AvgIpc) is 2.78. The fraction of sp³-hybridized carbons (Fsp3) is 0.200. The predicted molar refractivity (Wildman–Crippen MR) is 119 cm³/mol. The van der Waals surface area contributed by atoms with Crippen LogP contribution in [-0.2, 0) is 0 Å². The van der Waals surface area contributed by atoms with E-state index in [2.05, 4.69) is 59.3 Å². The van der Waals surface area contributed by atoms with E-state index >= 15 is 0 Å². The maximum atomic E-state index is 13.4. The number of aromatic nitrogens is 1. The zero-order valence-electron chi connectivity index (χ0n) is 16.5. The van der Waals surface area contributed by atoms with E-state index in [4.69, 9.17) is 0 Å². The van der Waals surface area contributed by atoms with Gasteiger partial charge in [0, 0.05) is 43.4 Å². The first-order valence-electron chi connectivity index (χ1n) is 10.1. The van der Waals surface area contributed by atoms with E-state index < -0.39 is 0 Å². The Bertz CT molecular complexity index is 1210. The van der Waals surface area contributed by atoms with E-state index in [0.717, 1.165) is 34.8 Å². The zero-order chi connectivity index (χ0) is 19.8. The number of benzene rings is 3. The van der Waals surface area contributed by atoms with Crippen molar-refractivity contribution >= 4 is 33.3 Å². The second-order valence-corrected chi connectivity index (χ2v) is 7.66. The summed E-state index contributed by atoms with van der Waals surface area (Å²) < 4.78 is 0. The highest BCUT2D eigenvalue weighted by Crippen LogP contribution is 2.28. The first kappa shape index (κ1) is 17.7. The Morgan fingerprint density at radius 1 is 0.862 bits per heavy atom. The van der Waals surface area contributed by atoms with E-state index in [-0.39, 0.29) is 5.91 Å². The Kier molecular flexibility index (Phi) is 4.39. The molecule has 1 saturated heterocycles. The molecular weight excluding hydrogens is 358 g/mol. The van der Waals surface area contributed by atoms with Gasteiger partial charge in [0.15, 0.2) is 0 Å². The lowest BCUT2D eigenvalue weighted by Gasteiger charge is -2.36. The lowest BCUT2D eigenvalue weighted by atomic mass is 10.00. The van der Waals surface area contributed by atoms with Crippen molar-refractivity contribution in [3.63, 3.8) is 0 Å². The van der Waals surface area contributed by atoms with Crippen molar-refractivity contribution in [2.75, 3.05) is 31.1 Å². The van der Waals surface area contributed by atoms with E-state index in [1.165, 1.54) is 11.3 Å². The summed E-state index contributed by atoms with van der Waals surface area (Å²) in [4.78, 5) is 22.3. The Balaban J connectivity index is 1.44. The van der Waals surface area contributed by atoms with Gasteiger partial charge in [0.1, 0.15) is 0 Å². The summed E-state index contributed by atoms with van der Waals surface area (Å²) in [6.07, 6.45) is 1.77.